The Bertz CT molecular complexity index is 990. The first-order valence-corrected chi connectivity index (χ1v) is 31.2. The predicted molar refractivity (Wildman–Crippen MR) is 297 cm³/mol. The molecule has 0 heterocycles. The summed E-state index contributed by atoms with van der Waals surface area (Å²) in [5.41, 5.74) is 0. The van der Waals surface area contributed by atoms with Crippen LogP contribution in [0.3, 0.4) is 0 Å². The van der Waals surface area contributed by atoms with Crippen molar-refractivity contribution >= 4 is 11.9 Å². The third-order valence-corrected chi connectivity index (χ3v) is 14.9. The van der Waals surface area contributed by atoms with Crippen molar-refractivity contribution in [3.63, 3.8) is 0 Å². The van der Waals surface area contributed by atoms with E-state index in [1.54, 1.807) is 0 Å². The highest BCUT2D eigenvalue weighted by Gasteiger charge is 2.21. The number of esters is 2. The molecule has 6 heteroatoms. The van der Waals surface area contributed by atoms with E-state index in [4.69, 9.17) is 9.47 Å². The van der Waals surface area contributed by atoms with Gasteiger partial charge in [0.15, 0.2) is 0 Å². The van der Waals surface area contributed by atoms with E-state index >= 15 is 0 Å². The zero-order valence-electron chi connectivity index (χ0n) is 46.9. The molecule has 0 saturated carbocycles. The summed E-state index contributed by atoms with van der Waals surface area (Å²) >= 11 is 0. The van der Waals surface area contributed by atoms with Gasteiger partial charge in [0.2, 0.25) is 0 Å². The van der Waals surface area contributed by atoms with Crippen molar-refractivity contribution in [3.8, 4) is 0 Å². The molecule has 68 heavy (non-hydrogen) atoms. The number of ether oxygens (including phenoxy) is 2. The second-order valence-electron chi connectivity index (χ2n) is 21.6. The molecule has 0 radical (unpaired) electrons. The number of hydrogen-bond acceptors (Lipinski definition) is 6. The van der Waals surface area contributed by atoms with Crippen molar-refractivity contribution in [1.82, 2.24) is 4.90 Å². The Balaban J connectivity index is 4.68. The van der Waals surface area contributed by atoms with Crippen LogP contribution in [0, 0.1) is 11.8 Å². The fourth-order valence-corrected chi connectivity index (χ4v) is 10.2. The molecule has 0 aliphatic carbocycles. The van der Waals surface area contributed by atoms with Crippen LogP contribution in [0.1, 0.15) is 336 Å². The monoisotopic (exact) mass is 962 g/mol. The van der Waals surface area contributed by atoms with Gasteiger partial charge in [-0.1, -0.05) is 272 Å². The summed E-state index contributed by atoms with van der Waals surface area (Å²) in [5, 5.41) is 9.45. The molecule has 406 valence electrons. The maximum absolute atomic E-state index is 13.4. The lowest BCUT2D eigenvalue weighted by molar-refractivity contribution is -0.150. The minimum Gasteiger partial charge on any atom is -0.465 e. The summed E-state index contributed by atoms with van der Waals surface area (Å²) in [6.07, 6.45) is 59.5. The van der Waals surface area contributed by atoms with Gasteiger partial charge in [0.1, 0.15) is 0 Å². The summed E-state index contributed by atoms with van der Waals surface area (Å²) in [6.45, 7) is 13.6. The minimum absolute atomic E-state index is 0.0578. The van der Waals surface area contributed by atoms with Crippen LogP contribution in [0.5, 0.6) is 0 Å². The Hall–Kier alpha value is -1.14. The van der Waals surface area contributed by atoms with Crippen molar-refractivity contribution < 1.29 is 24.2 Å². The zero-order valence-corrected chi connectivity index (χ0v) is 46.9. The van der Waals surface area contributed by atoms with E-state index in [9.17, 15) is 14.7 Å². The molecule has 0 aromatic rings. The van der Waals surface area contributed by atoms with Crippen molar-refractivity contribution in [2.45, 2.75) is 336 Å². The molecule has 2 atom stereocenters. The predicted octanol–water partition coefficient (Wildman–Crippen LogP) is 19.4. The molecular weight excluding hydrogens is 839 g/mol. The van der Waals surface area contributed by atoms with Crippen LogP contribution in [-0.2, 0) is 19.1 Å². The fraction of sp³-hybridized carbons (Fsp3) is 0.968. The number of carbonyl (C=O) groups is 2. The van der Waals surface area contributed by atoms with Crippen molar-refractivity contribution in [3.05, 3.63) is 0 Å². The van der Waals surface area contributed by atoms with E-state index in [0.717, 1.165) is 122 Å². The Morgan fingerprint density at radius 1 is 0.309 bits per heavy atom. The average Bonchev–Trinajstić information content (AvgIpc) is 3.34. The molecule has 1 N–H and O–H groups in total. The Morgan fingerprint density at radius 3 is 0.824 bits per heavy atom. The molecule has 6 nitrogen and oxygen atoms in total. The lowest BCUT2D eigenvalue weighted by Gasteiger charge is -2.22. The van der Waals surface area contributed by atoms with E-state index in [1.165, 1.54) is 205 Å². The van der Waals surface area contributed by atoms with Crippen LogP contribution < -0.4 is 0 Å². The summed E-state index contributed by atoms with van der Waals surface area (Å²) in [6, 6.07) is 0. The second-order valence-corrected chi connectivity index (χ2v) is 21.6. The molecule has 0 amide bonds. The zero-order chi connectivity index (χ0) is 49.5. The van der Waals surface area contributed by atoms with Gasteiger partial charge in [-0.3, -0.25) is 9.59 Å². The van der Waals surface area contributed by atoms with Gasteiger partial charge in [0.25, 0.3) is 0 Å². The van der Waals surface area contributed by atoms with Crippen LogP contribution in [0.2, 0.25) is 0 Å². The molecule has 0 aromatic heterocycles. The third-order valence-electron chi connectivity index (χ3n) is 14.9. The Labute approximate surface area is 426 Å². The number of aliphatic hydroxyl groups is 1. The maximum Gasteiger partial charge on any atom is 0.308 e. The number of aliphatic hydroxyl groups excluding tert-OH is 1. The van der Waals surface area contributed by atoms with Gasteiger partial charge in [-0.25, -0.2) is 0 Å². The quantitative estimate of drug-likeness (QED) is 0.0483. The van der Waals surface area contributed by atoms with E-state index in [-0.39, 0.29) is 30.4 Å². The minimum atomic E-state index is 0.0578. The van der Waals surface area contributed by atoms with Crippen LogP contribution in [0.25, 0.3) is 0 Å². The van der Waals surface area contributed by atoms with Crippen LogP contribution in [0.4, 0.5) is 0 Å². The first kappa shape index (κ1) is 66.9. The van der Waals surface area contributed by atoms with Gasteiger partial charge in [-0.05, 0) is 83.8 Å². The van der Waals surface area contributed by atoms with Gasteiger partial charge in [0, 0.05) is 6.61 Å². The normalized spacial score (nSPS) is 12.6. The van der Waals surface area contributed by atoms with Gasteiger partial charge in [-0.15, -0.1) is 0 Å². The van der Waals surface area contributed by atoms with Crippen molar-refractivity contribution in [2.75, 3.05) is 39.5 Å². The third kappa shape index (κ3) is 48.5. The molecule has 2 unspecified atom stereocenters. The molecular formula is C62H123NO5. The first-order valence-electron chi connectivity index (χ1n) is 31.2. The number of nitrogens with zero attached hydrogens (tertiary/aromatic N) is 1. The summed E-state index contributed by atoms with van der Waals surface area (Å²) in [7, 11) is 0. The lowest BCUT2D eigenvalue weighted by Crippen LogP contribution is -2.28. The largest absolute Gasteiger partial charge is 0.465 e. The highest BCUT2D eigenvalue weighted by Crippen LogP contribution is 2.24. The van der Waals surface area contributed by atoms with Gasteiger partial charge in [0.05, 0.1) is 25.0 Å². The molecule has 0 spiro atoms. The average molecular weight is 963 g/mol. The smallest absolute Gasteiger partial charge is 0.308 e. The van der Waals surface area contributed by atoms with E-state index < -0.39 is 0 Å². The SMILES string of the molecule is CCCCCCCCCCCCC(CCCCCCCCCC)C(=O)OCCCCCCN(CCCCO)CCCCOC(=O)C(CCCCCCCCCC)CCCCCCCCCCCC. The molecule has 0 aliphatic heterocycles. The van der Waals surface area contributed by atoms with E-state index in [0.29, 0.717) is 13.2 Å². The molecule has 0 aromatic carbocycles. The maximum atomic E-state index is 13.4. The summed E-state index contributed by atoms with van der Waals surface area (Å²) < 4.78 is 11.9. The molecule has 0 aliphatic rings. The van der Waals surface area contributed by atoms with Gasteiger partial charge < -0.3 is 19.5 Å². The second kappa shape index (κ2) is 56.8. The molecule has 0 saturated heterocycles. The van der Waals surface area contributed by atoms with Crippen LogP contribution in [0.15, 0.2) is 0 Å². The molecule has 0 fully saturated rings. The van der Waals surface area contributed by atoms with Crippen molar-refractivity contribution in [1.29, 1.82) is 0 Å². The van der Waals surface area contributed by atoms with Crippen LogP contribution >= 0.6 is 0 Å². The van der Waals surface area contributed by atoms with Gasteiger partial charge in [-0.2, -0.15) is 0 Å². The lowest BCUT2D eigenvalue weighted by atomic mass is 9.94. The molecule has 0 bridgehead atoms. The summed E-state index contributed by atoms with van der Waals surface area (Å²) in [5.74, 6) is 0.272. The summed E-state index contributed by atoms with van der Waals surface area (Å²) in [4.78, 5) is 29.3. The standard InChI is InChI=1S/C62H123NO5/c1-5-9-13-17-21-25-27-31-35-41-50-59(49-39-33-29-23-19-15-11-7-3)61(65)67-57-47-38-37-43-53-63(54-44-46-56-64)55-45-48-58-68-62(66)60(51-40-34-30-24-20-16-12-8-4)52-42-36-32-28-26-22-18-14-10-6-2/h59-60,64H,5-58H2,1-4H3. The highest BCUT2D eigenvalue weighted by molar-refractivity contribution is 5.72. The Kier molecular flexibility index (Phi) is 55.8. The first-order chi connectivity index (χ1) is 33.5. The number of unbranched alkanes of at least 4 members (excludes halogenated alkanes) is 37. The van der Waals surface area contributed by atoms with E-state index in [2.05, 4.69) is 32.6 Å². The topological polar surface area (TPSA) is 76.1 Å². The molecule has 0 rings (SSSR count). The number of hydrogen-bond donors (Lipinski definition) is 1. The number of carbonyl (C=O) groups excluding carboxylic acids is 2. The van der Waals surface area contributed by atoms with Crippen molar-refractivity contribution in [2.24, 2.45) is 11.8 Å². The highest BCUT2D eigenvalue weighted by atomic mass is 16.5. The van der Waals surface area contributed by atoms with Crippen LogP contribution in [-0.4, -0.2) is 61.4 Å². The van der Waals surface area contributed by atoms with E-state index in [1.807, 2.05) is 0 Å². The Morgan fingerprint density at radius 2 is 0.529 bits per heavy atom. The van der Waals surface area contributed by atoms with Gasteiger partial charge >= 0.3 is 11.9 Å². The number of rotatable bonds is 58. The fourth-order valence-electron chi connectivity index (χ4n) is 10.2.